The summed E-state index contributed by atoms with van der Waals surface area (Å²) < 4.78 is 5.75. The van der Waals surface area contributed by atoms with Crippen LogP contribution in [0.2, 0.25) is 0 Å². The number of fused-ring (bicyclic) bond motifs is 1. The predicted octanol–water partition coefficient (Wildman–Crippen LogP) is 7.16. The highest BCUT2D eigenvalue weighted by Crippen LogP contribution is 2.60. The molecule has 0 aromatic carbocycles. The van der Waals surface area contributed by atoms with Gasteiger partial charge in [-0.05, 0) is 80.6 Å². The minimum absolute atomic E-state index is 0.0919. The van der Waals surface area contributed by atoms with E-state index in [1.807, 2.05) is 0 Å². The number of carbonyl (C=O) groups is 1. The van der Waals surface area contributed by atoms with Crippen molar-refractivity contribution >= 4 is 5.97 Å². The SMILES string of the molecule is C=C1CC[C@H](O)C/C1=C/C=C1\CCC[C@]2(COC(C)=O)[C@@H]([C@H](C)CCCC(C)C)CC[C@@H]12. The summed E-state index contributed by atoms with van der Waals surface area (Å²) in [6.45, 7) is 13.4. The summed E-state index contributed by atoms with van der Waals surface area (Å²) in [7, 11) is 0. The van der Waals surface area contributed by atoms with Gasteiger partial charge in [0, 0.05) is 12.3 Å². The maximum atomic E-state index is 11.8. The van der Waals surface area contributed by atoms with Crippen molar-refractivity contribution in [3.63, 3.8) is 0 Å². The lowest BCUT2D eigenvalue weighted by molar-refractivity contribution is -0.148. The standard InChI is InChI=1S/C29H46O3/c1-20(2)8-6-9-22(4)27-15-16-28-24(10-7-17-29(27,28)19-32-23(5)30)12-13-25-18-26(31)14-11-21(25)3/h12-13,20,22,26-28,31H,3,6-11,14-19H2,1-2,4-5H3/b24-12+,25-13-/t22-,26+,27-,28+,29+/m1/s1. The summed E-state index contributed by atoms with van der Waals surface area (Å²) in [5.41, 5.74) is 4.01. The van der Waals surface area contributed by atoms with Gasteiger partial charge in [-0.25, -0.2) is 0 Å². The molecule has 3 aliphatic carbocycles. The van der Waals surface area contributed by atoms with Crippen LogP contribution >= 0.6 is 0 Å². The zero-order valence-corrected chi connectivity index (χ0v) is 21.0. The summed E-state index contributed by atoms with van der Waals surface area (Å²) in [4.78, 5) is 11.8. The molecule has 0 saturated heterocycles. The molecule has 3 aliphatic rings. The molecule has 0 aromatic rings. The fraction of sp³-hybridized carbons (Fsp3) is 0.759. The summed E-state index contributed by atoms with van der Waals surface area (Å²) in [5, 5.41) is 10.1. The van der Waals surface area contributed by atoms with Gasteiger partial charge >= 0.3 is 5.97 Å². The number of hydrogen-bond donors (Lipinski definition) is 1. The van der Waals surface area contributed by atoms with E-state index in [0.717, 1.165) is 31.6 Å². The van der Waals surface area contributed by atoms with E-state index in [-0.39, 0.29) is 17.5 Å². The third kappa shape index (κ3) is 5.95. The Morgan fingerprint density at radius 1 is 1.19 bits per heavy atom. The number of allylic oxidation sites excluding steroid dienone is 4. The van der Waals surface area contributed by atoms with Crippen LogP contribution in [0.5, 0.6) is 0 Å². The molecule has 0 radical (unpaired) electrons. The third-order valence-electron chi connectivity index (χ3n) is 8.61. The molecule has 3 heteroatoms. The minimum atomic E-state index is -0.234. The Balaban J connectivity index is 1.82. The number of hydrogen-bond acceptors (Lipinski definition) is 3. The van der Waals surface area contributed by atoms with Crippen LogP contribution in [0.3, 0.4) is 0 Å². The van der Waals surface area contributed by atoms with Gasteiger partial charge in [-0.1, -0.05) is 69.9 Å². The fourth-order valence-corrected chi connectivity index (χ4v) is 6.90. The monoisotopic (exact) mass is 442 g/mol. The van der Waals surface area contributed by atoms with Gasteiger partial charge in [0.05, 0.1) is 12.7 Å². The van der Waals surface area contributed by atoms with Gasteiger partial charge in [0.1, 0.15) is 0 Å². The summed E-state index contributed by atoms with van der Waals surface area (Å²) in [6.07, 6.45) is 16.6. The highest BCUT2D eigenvalue weighted by Gasteiger charge is 2.54. The highest BCUT2D eigenvalue weighted by atomic mass is 16.5. The Morgan fingerprint density at radius 3 is 2.69 bits per heavy atom. The number of aliphatic hydroxyl groups is 1. The third-order valence-corrected chi connectivity index (χ3v) is 8.61. The quantitative estimate of drug-likeness (QED) is 0.406. The first-order valence-electron chi connectivity index (χ1n) is 13.1. The maximum absolute atomic E-state index is 11.8. The molecular weight excluding hydrogens is 396 g/mol. The van der Waals surface area contributed by atoms with Crippen LogP contribution in [-0.4, -0.2) is 23.8 Å². The molecule has 0 bridgehead atoms. The number of aliphatic hydroxyl groups excluding tert-OH is 1. The average Bonchev–Trinajstić information content (AvgIpc) is 3.13. The van der Waals surface area contributed by atoms with Gasteiger partial charge in [-0.2, -0.15) is 0 Å². The normalized spacial score (nSPS) is 34.2. The second-order valence-electron chi connectivity index (χ2n) is 11.3. The van der Waals surface area contributed by atoms with Crippen LogP contribution in [0.4, 0.5) is 0 Å². The second kappa shape index (κ2) is 11.2. The first-order chi connectivity index (χ1) is 15.2. The smallest absolute Gasteiger partial charge is 0.302 e. The lowest BCUT2D eigenvalue weighted by atomic mass is 9.60. The molecular formula is C29H46O3. The second-order valence-corrected chi connectivity index (χ2v) is 11.3. The van der Waals surface area contributed by atoms with Gasteiger partial charge < -0.3 is 9.84 Å². The van der Waals surface area contributed by atoms with E-state index in [2.05, 4.69) is 39.5 Å². The summed E-state index contributed by atoms with van der Waals surface area (Å²) in [5.74, 6) is 2.41. The van der Waals surface area contributed by atoms with Gasteiger partial charge in [0.25, 0.3) is 0 Å². The first-order valence-corrected chi connectivity index (χ1v) is 13.1. The molecule has 0 unspecified atom stereocenters. The molecule has 0 spiro atoms. The van der Waals surface area contributed by atoms with E-state index in [1.165, 1.54) is 61.7 Å². The molecule has 0 aromatic heterocycles. The van der Waals surface area contributed by atoms with Crippen molar-refractivity contribution in [2.24, 2.45) is 29.1 Å². The molecule has 3 rings (SSSR count). The van der Waals surface area contributed by atoms with Crippen molar-refractivity contribution in [2.45, 2.75) is 104 Å². The van der Waals surface area contributed by atoms with Gasteiger partial charge in [0.2, 0.25) is 0 Å². The molecule has 0 aliphatic heterocycles. The van der Waals surface area contributed by atoms with Gasteiger partial charge in [-0.3, -0.25) is 4.79 Å². The largest absolute Gasteiger partial charge is 0.465 e. The Labute approximate surface area is 196 Å². The summed E-state index contributed by atoms with van der Waals surface area (Å²) in [6, 6.07) is 0. The number of ether oxygens (including phenoxy) is 1. The van der Waals surface area contributed by atoms with E-state index in [0.29, 0.717) is 24.4 Å². The van der Waals surface area contributed by atoms with Crippen LogP contribution < -0.4 is 0 Å². The van der Waals surface area contributed by atoms with E-state index in [4.69, 9.17) is 4.74 Å². The predicted molar refractivity (Wildman–Crippen MR) is 132 cm³/mol. The highest BCUT2D eigenvalue weighted by molar-refractivity contribution is 5.66. The van der Waals surface area contributed by atoms with E-state index in [1.54, 1.807) is 6.92 Å². The van der Waals surface area contributed by atoms with E-state index in [9.17, 15) is 9.90 Å². The minimum Gasteiger partial charge on any atom is -0.465 e. The molecule has 1 N–H and O–H groups in total. The van der Waals surface area contributed by atoms with E-state index >= 15 is 0 Å². The molecule has 3 saturated carbocycles. The number of rotatable bonds is 8. The maximum Gasteiger partial charge on any atom is 0.302 e. The molecule has 3 nitrogen and oxygen atoms in total. The topological polar surface area (TPSA) is 46.5 Å². The molecule has 3 fully saturated rings. The summed E-state index contributed by atoms with van der Waals surface area (Å²) >= 11 is 0. The van der Waals surface area contributed by atoms with Crippen molar-refractivity contribution in [1.29, 1.82) is 0 Å². The Hall–Kier alpha value is -1.35. The lowest BCUT2D eigenvalue weighted by Crippen LogP contribution is -2.43. The van der Waals surface area contributed by atoms with Crippen LogP contribution in [-0.2, 0) is 9.53 Å². The Morgan fingerprint density at radius 2 is 1.97 bits per heavy atom. The van der Waals surface area contributed by atoms with Crippen LogP contribution in [0.1, 0.15) is 98.3 Å². The van der Waals surface area contributed by atoms with Crippen LogP contribution in [0, 0.1) is 29.1 Å². The van der Waals surface area contributed by atoms with Crippen molar-refractivity contribution < 1.29 is 14.6 Å². The molecule has 5 atom stereocenters. The molecule has 180 valence electrons. The lowest BCUT2D eigenvalue weighted by Gasteiger charge is -2.46. The van der Waals surface area contributed by atoms with Crippen molar-refractivity contribution in [3.8, 4) is 0 Å². The average molecular weight is 443 g/mol. The van der Waals surface area contributed by atoms with E-state index < -0.39 is 0 Å². The fourth-order valence-electron chi connectivity index (χ4n) is 6.90. The van der Waals surface area contributed by atoms with Crippen molar-refractivity contribution in [2.75, 3.05) is 6.61 Å². The van der Waals surface area contributed by atoms with Gasteiger partial charge in [0.15, 0.2) is 0 Å². The van der Waals surface area contributed by atoms with Gasteiger partial charge in [-0.15, -0.1) is 0 Å². The molecule has 0 heterocycles. The van der Waals surface area contributed by atoms with Crippen LogP contribution in [0.25, 0.3) is 0 Å². The molecule has 0 amide bonds. The number of carbonyl (C=O) groups excluding carboxylic acids is 1. The van der Waals surface area contributed by atoms with Crippen molar-refractivity contribution in [1.82, 2.24) is 0 Å². The Bertz CT molecular complexity index is 731. The number of esters is 1. The zero-order valence-electron chi connectivity index (χ0n) is 21.0. The van der Waals surface area contributed by atoms with Crippen LogP contribution in [0.15, 0.2) is 35.5 Å². The zero-order chi connectivity index (χ0) is 23.3. The molecule has 32 heavy (non-hydrogen) atoms. The first kappa shape index (κ1) is 25.3. The van der Waals surface area contributed by atoms with Crippen molar-refractivity contribution in [3.05, 3.63) is 35.5 Å². The Kier molecular flexibility index (Phi) is 8.83.